The predicted octanol–water partition coefficient (Wildman–Crippen LogP) is 2.02. The summed E-state index contributed by atoms with van der Waals surface area (Å²) in [5, 5.41) is 0. The number of rotatable bonds is 6. The van der Waals surface area contributed by atoms with E-state index in [1.54, 1.807) is 29.3 Å². The van der Waals surface area contributed by atoms with Gasteiger partial charge in [-0.25, -0.2) is 0 Å². The highest BCUT2D eigenvalue weighted by atomic mass is 16.7. The zero-order chi connectivity index (χ0) is 17.6. The van der Waals surface area contributed by atoms with Gasteiger partial charge < -0.3 is 19.1 Å². The smallest absolute Gasteiger partial charge is 0.307 e. The summed E-state index contributed by atoms with van der Waals surface area (Å²) in [5.41, 5.74) is 1.20. The van der Waals surface area contributed by atoms with Crippen molar-refractivity contribution in [2.24, 2.45) is 0 Å². The van der Waals surface area contributed by atoms with Crippen LogP contribution < -0.4 is 9.47 Å². The lowest BCUT2D eigenvalue weighted by molar-refractivity contribution is -0.140. The number of amides is 1. The van der Waals surface area contributed by atoms with Gasteiger partial charge in [-0.2, -0.15) is 0 Å². The molecule has 0 saturated carbocycles. The first kappa shape index (κ1) is 16.8. The second kappa shape index (κ2) is 7.65. The first-order chi connectivity index (χ1) is 12.2. The molecule has 0 bridgehead atoms. The van der Waals surface area contributed by atoms with E-state index in [1.807, 2.05) is 18.2 Å². The molecule has 0 aliphatic carbocycles. The standard InChI is InChI=1S/C18H18N2O5/c1-23-17(21)7-9-20(11-14-4-2-3-8-19-14)18(22)13-5-6-15-16(10-13)25-12-24-15/h2-6,8,10H,7,9,11-12H2,1H3. The molecular weight excluding hydrogens is 324 g/mol. The van der Waals surface area contributed by atoms with Crippen LogP contribution >= 0.6 is 0 Å². The van der Waals surface area contributed by atoms with Crippen LogP contribution in [0.5, 0.6) is 11.5 Å². The van der Waals surface area contributed by atoms with Crippen LogP contribution in [0.15, 0.2) is 42.6 Å². The van der Waals surface area contributed by atoms with Gasteiger partial charge in [-0.05, 0) is 30.3 Å². The number of methoxy groups -OCH3 is 1. The lowest BCUT2D eigenvalue weighted by Gasteiger charge is -2.22. The first-order valence-corrected chi connectivity index (χ1v) is 7.83. The van der Waals surface area contributed by atoms with Gasteiger partial charge in [0.05, 0.1) is 25.8 Å². The molecule has 130 valence electrons. The Hall–Kier alpha value is -3.09. The van der Waals surface area contributed by atoms with E-state index in [0.717, 1.165) is 5.69 Å². The normalized spacial score (nSPS) is 11.9. The summed E-state index contributed by atoms with van der Waals surface area (Å²) in [6.45, 7) is 0.675. The quantitative estimate of drug-likeness (QED) is 0.748. The van der Waals surface area contributed by atoms with Gasteiger partial charge >= 0.3 is 5.97 Å². The summed E-state index contributed by atoms with van der Waals surface area (Å²) in [5.74, 6) is 0.566. The van der Waals surface area contributed by atoms with Crippen LogP contribution in [0.1, 0.15) is 22.5 Å². The fraction of sp³-hybridized carbons (Fsp3) is 0.278. The second-order valence-corrected chi connectivity index (χ2v) is 5.44. The first-order valence-electron chi connectivity index (χ1n) is 7.83. The van der Waals surface area contributed by atoms with Crippen molar-refractivity contribution in [2.45, 2.75) is 13.0 Å². The molecule has 2 aromatic rings. The van der Waals surface area contributed by atoms with Crippen molar-refractivity contribution in [3.05, 3.63) is 53.9 Å². The van der Waals surface area contributed by atoms with E-state index in [2.05, 4.69) is 9.72 Å². The molecule has 1 aromatic heterocycles. The van der Waals surface area contributed by atoms with Crippen LogP contribution in [0.2, 0.25) is 0 Å². The summed E-state index contributed by atoms with van der Waals surface area (Å²) < 4.78 is 15.3. The van der Waals surface area contributed by atoms with Crippen molar-refractivity contribution in [2.75, 3.05) is 20.4 Å². The zero-order valence-corrected chi connectivity index (χ0v) is 13.8. The molecule has 0 atom stereocenters. The van der Waals surface area contributed by atoms with E-state index in [4.69, 9.17) is 9.47 Å². The number of benzene rings is 1. The maximum atomic E-state index is 12.9. The van der Waals surface area contributed by atoms with Crippen LogP contribution in [0.3, 0.4) is 0 Å². The molecule has 0 saturated heterocycles. The highest BCUT2D eigenvalue weighted by Crippen LogP contribution is 2.32. The predicted molar refractivity (Wildman–Crippen MR) is 88.2 cm³/mol. The van der Waals surface area contributed by atoms with Gasteiger partial charge in [-0.1, -0.05) is 6.07 Å². The number of carbonyl (C=O) groups excluding carboxylic acids is 2. The Bertz CT molecular complexity index is 763. The fourth-order valence-electron chi connectivity index (χ4n) is 2.48. The Balaban J connectivity index is 1.79. The maximum Gasteiger partial charge on any atom is 0.307 e. The van der Waals surface area contributed by atoms with Gasteiger partial charge in [0.15, 0.2) is 11.5 Å². The lowest BCUT2D eigenvalue weighted by atomic mass is 10.1. The summed E-state index contributed by atoms with van der Waals surface area (Å²) in [4.78, 5) is 30.2. The van der Waals surface area contributed by atoms with Gasteiger partial charge in [0, 0.05) is 18.3 Å². The van der Waals surface area contributed by atoms with Crippen molar-refractivity contribution in [3.63, 3.8) is 0 Å². The third-order valence-corrected chi connectivity index (χ3v) is 3.80. The van der Waals surface area contributed by atoms with Crippen molar-refractivity contribution < 1.29 is 23.8 Å². The summed E-state index contributed by atoms with van der Waals surface area (Å²) >= 11 is 0. The molecule has 0 fully saturated rings. The third-order valence-electron chi connectivity index (χ3n) is 3.80. The Morgan fingerprint density at radius 3 is 2.80 bits per heavy atom. The number of aromatic nitrogens is 1. The fourth-order valence-corrected chi connectivity index (χ4v) is 2.48. The van der Waals surface area contributed by atoms with E-state index in [0.29, 0.717) is 23.6 Å². The minimum atomic E-state index is -0.371. The summed E-state index contributed by atoms with van der Waals surface area (Å²) in [6, 6.07) is 10.5. The minimum Gasteiger partial charge on any atom is -0.469 e. The van der Waals surface area contributed by atoms with Gasteiger partial charge in [0.25, 0.3) is 5.91 Å². The number of hydrogen-bond acceptors (Lipinski definition) is 6. The van der Waals surface area contributed by atoms with E-state index in [9.17, 15) is 9.59 Å². The molecule has 7 heteroatoms. The molecule has 25 heavy (non-hydrogen) atoms. The molecule has 3 rings (SSSR count). The van der Waals surface area contributed by atoms with Crippen molar-refractivity contribution in [1.29, 1.82) is 0 Å². The summed E-state index contributed by atoms with van der Waals surface area (Å²) in [7, 11) is 1.32. The maximum absolute atomic E-state index is 12.9. The van der Waals surface area contributed by atoms with Crippen LogP contribution in [0.4, 0.5) is 0 Å². The van der Waals surface area contributed by atoms with E-state index in [1.165, 1.54) is 7.11 Å². The molecular formula is C18H18N2O5. The van der Waals surface area contributed by atoms with Crippen LogP contribution in [0, 0.1) is 0 Å². The molecule has 7 nitrogen and oxygen atoms in total. The highest BCUT2D eigenvalue weighted by molar-refractivity contribution is 5.95. The van der Waals surface area contributed by atoms with Crippen LogP contribution in [-0.4, -0.2) is 42.2 Å². The monoisotopic (exact) mass is 342 g/mol. The zero-order valence-electron chi connectivity index (χ0n) is 13.8. The lowest BCUT2D eigenvalue weighted by Crippen LogP contribution is -2.33. The SMILES string of the molecule is COC(=O)CCN(Cc1ccccn1)C(=O)c1ccc2c(c1)OCO2. The summed E-state index contributed by atoms with van der Waals surface area (Å²) in [6.07, 6.45) is 1.78. The number of nitrogens with zero attached hydrogens (tertiary/aromatic N) is 2. The number of pyridine rings is 1. The average Bonchev–Trinajstić information content (AvgIpc) is 3.12. The van der Waals surface area contributed by atoms with Crippen LogP contribution in [-0.2, 0) is 16.1 Å². The molecule has 1 aliphatic rings. The highest BCUT2D eigenvalue weighted by Gasteiger charge is 2.21. The molecule has 0 radical (unpaired) electrons. The molecule has 0 N–H and O–H groups in total. The van der Waals surface area contributed by atoms with Gasteiger partial charge in [-0.3, -0.25) is 14.6 Å². The average molecular weight is 342 g/mol. The Kier molecular flexibility index (Phi) is 5.13. The van der Waals surface area contributed by atoms with Crippen molar-refractivity contribution in [3.8, 4) is 11.5 Å². The van der Waals surface area contributed by atoms with Gasteiger partial charge in [0.1, 0.15) is 0 Å². The van der Waals surface area contributed by atoms with E-state index < -0.39 is 0 Å². The molecule has 1 aromatic carbocycles. The molecule has 2 heterocycles. The number of carbonyl (C=O) groups is 2. The Morgan fingerprint density at radius 2 is 2.04 bits per heavy atom. The Labute approximate surface area is 145 Å². The number of fused-ring (bicyclic) bond motifs is 1. The number of esters is 1. The Morgan fingerprint density at radius 1 is 1.20 bits per heavy atom. The second-order valence-electron chi connectivity index (χ2n) is 5.44. The van der Waals surface area contributed by atoms with Crippen molar-refractivity contribution >= 4 is 11.9 Å². The molecule has 1 aliphatic heterocycles. The number of hydrogen-bond donors (Lipinski definition) is 0. The van der Waals surface area contributed by atoms with Gasteiger partial charge in [0.2, 0.25) is 6.79 Å². The van der Waals surface area contributed by atoms with E-state index in [-0.39, 0.29) is 31.6 Å². The number of ether oxygens (including phenoxy) is 3. The minimum absolute atomic E-state index is 0.111. The molecule has 0 unspecified atom stereocenters. The largest absolute Gasteiger partial charge is 0.469 e. The van der Waals surface area contributed by atoms with Gasteiger partial charge in [-0.15, -0.1) is 0 Å². The molecule has 0 spiro atoms. The van der Waals surface area contributed by atoms with E-state index >= 15 is 0 Å². The van der Waals surface area contributed by atoms with Crippen molar-refractivity contribution in [1.82, 2.24) is 9.88 Å². The van der Waals surface area contributed by atoms with Crippen LogP contribution in [0.25, 0.3) is 0 Å². The molecule has 1 amide bonds. The third kappa shape index (κ3) is 4.06. The topological polar surface area (TPSA) is 78.0 Å².